The zero-order chi connectivity index (χ0) is 19.6. The van der Waals surface area contributed by atoms with E-state index in [0.29, 0.717) is 12.0 Å². The molecule has 1 unspecified atom stereocenters. The van der Waals surface area contributed by atoms with Crippen molar-refractivity contribution in [1.82, 2.24) is 15.1 Å². The van der Waals surface area contributed by atoms with Gasteiger partial charge in [-0.3, -0.25) is 4.79 Å². The van der Waals surface area contributed by atoms with Crippen LogP contribution < -0.4 is 10.6 Å². The molecule has 3 heterocycles. The van der Waals surface area contributed by atoms with E-state index in [1.807, 2.05) is 31.2 Å². The number of hydrogen-bond donors (Lipinski definition) is 2. The molecule has 6 heteroatoms. The van der Waals surface area contributed by atoms with Crippen LogP contribution in [0.2, 0.25) is 0 Å². The maximum absolute atomic E-state index is 13.1. The Hall–Kier alpha value is -2.08. The molecule has 1 spiro atoms. The number of piperidine rings is 2. The monoisotopic (exact) mass is 384 g/mol. The van der Waals surface area contributed by atoms with Gasteiger partial charge in [0, 0.05) is 38.4 Å². The number of carbonyl (C=O) groups excluding carboxylic acids is 2. The highest BCUT2D eigenvalue weighted by atomic mass is 16.2. The average molecular weight is 385 g/mol. The molecule has 0 saturated carbocycles. The first-order valence-corrected chi connectivity index (χ1v) is 10.7. The number of hydrogen-bond acceptors (Lipinski definition) is 3. The largest absolute Gasteiger partial charge is 0.342 e. The Morgan fingerprint density at radius 1 is 1.14 bits per heavy atom. The Balaban J connectivity index is 1.32. The topological polar surface area (TPSA) is 64.7 Å². The molecule has 0 bridgehead atoms. The Morgan fingerprint density at radius 2 is 1.96 bits per heavy atom. The van der Waals surface area contributed by atoms with Crippen LogP contribution in [0, 0.1) is 18.3 Å². The number of carbonyl (C=O) groups is 2. The van der Waals surface area contributed by atoms with Gasteiger partial charge < -0.3 is 20.4 Å². The zero-order valence-electron chi connectivity index (χ0n) is 16.9. The number of likely N-dealkylation sites (tertiary alicyclic amines) is 2. The Bertz CT molecular complexity index is 719. The second-order valence-corrected chi connectivity index (χ2v) is 8.84. The molecule has 3 aliphatic heterocycles. The Labute approximate surface area is 167 Å². The maximum atomic E-state index is 13.1. The van der Waals surface area contributed by atoms with Gasteiger partial charge in [-0.2, -0.15) is 0 Å². The first-order chi connectivity index (χ1) is 13.5. The van der Waals surface area contributed by atoms with Crippen LogP contribution in [-0.2, 0) is 4.79 Å². The molecule has 4 rings (SSSR count). The molecule has 28 heavy (non-hydrogen) atoms. The summed E-state index contributed by atoms with van der Waals surface area (Å²) in [6.45, 7) is 7.21. The second-order valence-electron chi connectivity index (χ2n) is 8.84. The predicted octanol–water partition coefficient (Wildman–Crippen LogP) is 2.84. The first kappa shape index (κ1) is 19.2. The lowest BCUT2D eigenvalue weighted by Gasteiger charge is -2.41. The van der Waals surface area contributed by atoms with Crippen molar-refractivity contribution in [2.45, 2.75) is 39.0 Å². The maximum Gasteiger partial charge on any atom is 0.321 e. The summed E-state index contributed by atoms with van der Waals surface area (Å²) in [7, 11) is 0. The van der Waals surface area contributed by atoms with Crippen LogP contribution in [0.15, 0.2) is 24.3 Å². The number of aryl methyl sites for hydroxylation is 1. The van der Waals surface area contributed by atoms with Gasteiger partial charge in [0.25, 0.3) is 0 Å². The summed E-state index contributed by atoms with van der Waals surface area (Å²) in [4.78, 5) is 29.6. The van der Waals surface area contributed by atoms with E-state index < -0.39 is 0 Å². The van der Waals surface area contributed by atoms with Crippen LogP contribution in [-0.4, -0.2) is 61.0 Å². The number of urea groups is 1. The van der Waals surface area contributed by atoms with Gasteiger partial charge in [-0.05, 0) is 68.7 Å². The van der Waals surface area contributed by atoms with E-state index in [2.05, 4.69) is 15.5 Å². The zero-order valence-corrected chi connectivity index (χ0v) is 16.9. The van der Waals surface area contributed by atoms with Crippen molar-refractivity contribution in [3.05, 3.63) is 29.8 Å². The van der Waals surface area contributed by atoms with E-state index in [-0.39, 0.29) is 17.9 Å². The van der Waals surface area contributed by atoms with E-state index in [1.165, 1.54) is 6.42 Å². The molecule has 6 nitrogen and oxygen atoms in total. The summed E-state index contributed by atoms with van der Waals surface area (Å²) < 4.78 is 0. The SMILES string of the molecule is Cc1cccc(NC(=O)N2CCCC(C(=O)N3CCC4(CCNC4)CC3)C2)c1. The lowest BCUT2D eigenvalue weighted by Crippen LogP contribution is -2.51. The smallest absolute Gasteiger partial charge is 0.321 e. The molecule has 152 valence electrons. The minimum Gasteiger partial charge on any atom is -0.342 e. The minimum atomic E-state index is -0.0993. The van der Waals surface area contributed by atoms with Crippen LogP contribution in [0.25, 0.3) is 0 Å². The van der Waals surface area contributed by atoms with Gasteiger partial charge in [0.2, 0.25) is 5.91 Å². The van der Waals surface area contributed by atoms with E-state index in [1.54, 1.807) is 4.90 Å². The van der Waals surface area contributed by atoms with Crippen LogP contribution in [0.1, 0.15) is 37.7 Å². The van der Waals surface area contributed by atoms with Crippen molar-refractivity contribution in [3.8, 4) is 0 Å². The van der Waals surface area contributed by atoms with Gasteiger partial charge in [-0.1, -0.05) is 12.1 Å². The first-order valence-electron chi connectivity index (χ1n) is 10.7. The fraction of sp³-hybridized carbons (Fsp3) is 0.636. The average Bonchev–Trinajstić information content (AvgIpc) is 3.16. The summed E-state index contributed by atoms with van der Waals surface area (Å²) in [5.41, 5.74) is 2.35. The highest BCUT2D eigenvalue weighted by Crippen LogP contribution is 2.37. The molecule has 2 N–H and O–H groups in total. The Morgan fingerprint density at radius 3 is 2.68 bits per heavy atom. The third-order valence-electron chi connectivity index (χ3n) is 6.80. The van der Waals surface area contributed by atoms with Crippen LogP contribution in [0.3, 0.4) is 0 Å². The summed E-state index contributed by atoms with van der Waals surface area (Å²) in [6.07, 6.45) is 5.23. The molecule has 0 aliphatic carbocycles. The molecular weight excluding hydrogens is 352 g/mol. The number of nitrogens with zero attached hydrogens (tertiary/aromatic N) is 2. The van der Waals surface area contributed by atoms with Gasteiger partial charge in [-0.25, -0.2) is 4.79 Å². The van der Waals surface area contributed by atoms with Gasteiger partial charge in [-0.15, -0.1) is 0 Å². The van der Waals surface area contributed by atoms with E-state index in [9.17, 15) is 9.59 Å². The van der Waals surface area contributed by atoms with Gasteiger partial charge >= 0.3 is 6.03 Å². The normalized spacial score (nSPS) is 24.4. The van der Waals surface area contributed by atoms with Gasteiger partial charge in [0.15, 0.2) is 0 Å². The van der Waals surface area contributed by atoms with Crippen molar-refractivity contribution in [2.24, 2.45) is 11.3 Å². The van der Waals surface area contributed by atoms with E-state index in [4.69, 9.17) is 0 Å². The fourth-order valence-electron chi connectivity index (χ4n) is 4.97. The molecule has 3 amide bonds. The predicted molar refractivity (Wildman–Crippen MR) is 110 cm³/mol. The fourth-order valence-corrected chi connectivity index (χ4v) is 4.97. The Kier molecular flexibility index (Phi) is 5.58. The van der Waals surface area contributed by atoms with Crippen molar-refractivity contribution in [3.63, 3.8) is 0 Å². The highest BCUT2D eigenvalue weighted by molar-refractivity contribution is 5.90. The molecule has 3 fully saturated rings. The quantitative estimate of drug-likeness (QED) is 0.824. The number of benzene rings is 1. The lowest BCUT2D eigenvalue weighted by molar-refractivity contribution is -0.139. The summed E-state index contributed by atoms with van der Waals surface area (Å²) in [5.74, 6) is 0.182. The molecule has 3 saturated heterocycles. The van der Waals surface area contributed by atoms with Crippen molar-refractivity contribution >= 4 is 17.6 Å². The van der Waals surface area contributed by atoms with Crippen LogP contribution in [0.5, 0.6) is 0 Å². The third kappa shape index (κ3) is 4.17. The molecular formula is C22H32N4O2. The molecule has 1 aromatic carbocycles. The van der Waals surface area contributed by atoms with E-state index in [0.717, 1.165) is 69.7 Å². The molecule has 1 aromatic rings. The van der Waals surface area contributed by atoms with Gasteiger partial charge in [0.05, 0.1) is 5.92 Å². The molecule has 1 atom stereocenters. The molecule has 0 radical (unpaired) electrons. The van der Waals surface area contributed by atoms with Crippen molar-refractivity contribution in [2.75, 3.05) is 44.6 Å². The van der Waals surface area contributed by atoms with Gasteiger partial charge in [0.1, 0.15) is 0 Å². The van der Waals surface area contributed by atoms with Crippen LogP contribution in [0.4, 0.5) is 10.5 Å². The second kappa shape index (κ2) is 8.11. The summed E-state index contributed by atoms with van der Waals surface area (Å²) in [6, 6.07) is 7.72. The third-order valence-corrected chi connectivity index (χ3v) is 6.80. The van der Waals surface area contributed by atoms with Crippen LogP contribution >= 0.6 is 0 Å². The number of nitrogens with one attached hydrogen (secondary N) is 2. The number of anilines is 1. The van der Waals surface area contributed by atoms with Crippen molar-refractivity contribution < 1.29 is 9.59 Å². The summed E-state index contributed by atoms with van der Waals surface area (Å²) in [5, 5.41) is 6.46. The van der Waals surface area contributed by atoms with E-state index >= 15 is 0 Å². The minimum absolute atomic E-state index is 0.0623. The molecule has 0 aromatic heterocycles. The number of rotatable bonds is 2. The lowest BCUT2D eigenvalue weighted by atomic mass is 9.77. The standard InChI is InChI=1S/C22H32N4O2/c1-17-4-2-6-19(14-17)24-21(28)26-11-3-5-18(15-26)20(27)25-12-8-22(9-13-25)7-10-23-16-22/h2,4,6,14,18,23H,3,5,7-13,15-16H2,1H3,(H,24,28). The highest BCUT2D eigenvalue weighted by Gasteiger charge is 2.40. The molecule has 3 aliphatic rings. The summed E-state index contributed by atoms with van der Waals surface area (Å²) >= 11 is 0. The van der Waals surface area contributed by atoms with Crippen molar-refractivity contribution in [1.29, 1.82) is 0 Å². The number of amides is 3.